The summed E-state index contributed by atoms with van der Waals surface area (Å²) in [7, 11) is 0. The molecule has 3 aromatic rings. The molecule has 0 saturated carbocycles. The summed E-state index contributed by atoms with van der Waals surface area (Å²) in [6.07, 6.45) is 0. The van der Waals surface area contributed by atoms with Crippen LogP contribution in [0.15, 0.2) is 47.3 Å². The third kappa shape index (κ3) is 6.66. The van der Waals surface area contributed by atoms with Gasteiger partial charge in [-0.25, -0.2) is 14.8 Å². The lowest BCUT2D eigenvalue weighted by Crippen LogP contribution is -2.38. The Labute approximate surface area is 223 Å². The van der Waals surface area contributed by atoms with E-state index in [1.165, 1.54) is 18.2 Å². The van der Waals surface area contributed by atoms with Gasteiger partial charge in [-0.2, -0.15) is 0 Å². The van der Waals surface area contributed by atoms with Gasteiger partial charge in [0.15, 0.2) is 5.15 Å². The number of hydrogen-bond acceptors (Lipinski definition) is 8. The molecule has 0 fully saturated rings. The number of aromatic carboxylic acids is 1. The van der Waals surface area contributed by atoms with Gasteiger partial charge in [-0.1, -0.05) is 49.7 Å². The van der Waals surface area contributed by atoms with Crippen molar-refractivity contribution in [3.05, 3.63) is 74.7 Å². The maximum atomic E-state index is 13.5. The van der Waals surface area contributed by atoms with Crippen LogP contribution < -0.4 is 27.8 Å². The molecule has 13 heteroatoms. The van der Waals surface area contributed by atoms with Crippen molar-refractivity contribution in [1.82, 2.24) is 19.9 Å². The van der Waals surface area contributed by atoms with Crippen molar-refractivity contribution in [1.29, 1.82) is 5.41 Å². The van der Waals surface area contributed by atoms with Crippen molar-refractivity contribution >= 4 is 40.8 Å². The van der Waals surface area contributed by atoms with Crippen LogP contribution in [0.2, 0.25) is 5.15 Å². The van der Waals surface area contributed by atoms with E-state index in [0.717, 1.165) is 10.1 Å². The quantitative estimate of drug-likeness (QED) is 0.0914. The van der Waals surface area contributed by atoms with Crippen LogP contribution in [0.1, 0.15) is 35.3 Å². The van der Waals surface area contributed by atoms with Gasteiger partial charge in [0.25, 0.3) is 5.56 Å². The summed E-state index contributed by atoms with van der Waals surface area (Å²) in [5.74, 6) is -1.87. The number of nitrogens with two attached hydrogens (primary N) is 2. The zero-order valence-corrected chi connectivity index (χ0v) is 21.7. The highest BCUT2D eigenvalue weighted by Crippen LogP contribution is 2.29. The monoisotopic (exact) mass is 540 g/mol. The van der Waals surface area contributed by atoms with Gasteiger partial charge in [0.2, 0.25) is 11.7 Å². The maximum absolute atomic E-state index is 13.5. The molecule has 3 rings (SSSR count). The molecule has 0 bridgehead atoms. The summed E-state index contributed by atoms with van der Waals surface area (Å²) in [6, 6.07) is 10.8. The minimum atomic E-state index is -1.22. The molecule has 0 radical (unpaired) electrons. The number of benzene rings is 2. The Hall–Kier alpha value is -4.42. The summed E-state index contributed by atoms with van der Waals surface area (Å²) < 4.78 is 1.13. The van der Waals surface area contributed by atoms with Crippen LogP contribution in [-0.2, 0) is 17.9 Å². The molecule has 2 aromatic carbocycles. The first-order valence-electron chi connectivity index (χ1n) is 11.7. The number of nitrogens with zero attached hydrogens (tertiary/aromatic N) is 3. The lowest BCUT2D eigenvalue weighted by Gasteiger charge is -2.22. The predicted molar refractivity (Wildman–Crippen MR) is 146 cm³/mol. The molecule has 0 saturated heterocycles. The number of hydrogen-bond donors (Lipinski definition) is 6. The second kappa shape index (κ2) is 12.2. The summed E-state index contributed by atoms with van der Waals surface area (Å²) in [5, 5.41) is 21.3. The molecule has 1 amide bonds. The Bertz CT molecular complexity index is 1420. The van der Waals surface area contributed by atoms with Gasteiger partial charge in [-0.15, -0.1) is 0 Å². The van der Waals surface area contributed by atoms with E-state index in [-0.39, 0.29) is 45.9 Å². The van der Waals surface area contributed by atoms with Crippen LogP contribution in [0.3, 0.4) is 0 Å². The Morgan fingerprint density at radius 3 is 2.37 bits per heavy atom. The van der Waals surface area contributed by atoms with Gasteiger partial charge in [0, 0.05) is 36.4 Å². The molecular weight excluding hydrogens is 512 g/mol. The molecule has 38 heavy (non-hydrogen) atoms. The fourth-order valence-electron chi connectivity index (χ4n) is 3.68. The van der Waals surface area contributed by atoms with Crippen molar-refractivity contribution in [2.75, 3.05) is 24.2 Å². The first-order valence-corrected chi connectivity index (χ1v) is 12.1. The first kappa shape index (κ1) is 28.2. The minimum Gasteiger partial charge on any atom is -0.478 e. The fourth-order valence-corrected chi connectivity index (χ4v) is 3.98. The van der Waals surface area contributed by atoms with Crippen LogP contribution >= 0.6 is 11.6 Å². The number of halogens is 1. The van der Waals surface area contributed by atoms with E-state index < -0.39 is 24.0 Å². The van der Waals surface area contributed by atoms with Crippen LogP contribution in [0.4, 0.5) is 11.5 Å². The van der Waals surface area contributed by atoms with E-state index in [4.69, 9.17) is 28.5 Å². The van der Waals surface area contributed by atoms with Crippen LogP contribution in [0.25, 0.3) is 11.3 Å². The average molecular weight is 541 g/mol. The second-order valence-corrected chi connectivity index (χ2v) is 8.67. The highest BCUT2D eigenvalue weighted by molar-refractivity contribution is 6.32. The number of hydrazine groups is 1. The van der Waals surface area contributed by atoms with E-state index in [0.29, 0.717) is 18.7 Å². The molecule has 0 unspecified atom stereocenters. The SMILES string of the molecule is CCN(CC)Nc1nc(Cl)c(-c2cc(N)cc(C(=O)O)c2)n(CC(=O)NCc2ccc(C(=N)N)cc2)c1=O. The molecule has 0 spiro atoms. The summed E-state index contributed by atoms with van der Waals surface area (Å²) in [4.78, 5) is 42.3. The molecular formula is C25H29ClN8O4. The topological polar surface area (TPSA) is 192 Å². The van der Waals surface area contributed by atoms with Crippen LogP contribution in [0.5, 0.6) is 0 Å². The number of carbonyl (C=O) groups is 2. The van der Waals surface area contributed by atoms with Crippen LogP contribution in [-0.4, -0.2) is 50.5 Å². The Balaban J connectivity index is 2.01. The minimum absolute atomic E-state index is 0.0533. The van der Waals surface area contributed by atoms with Crippen molar-refractivity contribution < 1.29 is 14.7 Å². The molecule has 12 nitrogen and oxygen atoms in total. The number of aromatic nitrogens is 2. The molecule has 0 aliphatic rings. The van der Waals surface area contributed by atoms with Gasteiger partial charge < -0.3 is 21.9 Å². The third-order valence-corrected chi connectivity index (χ3v) is 5.95. The third-order valence-electron chi connectivity index (χ3n) is 5.68. The molecule has 0 aliphatic heterocycles. The number of carboxylic acid groups (broad SMARTS) is 1. The average Bonchev–Trinajstić information content (AvgIpc) is 2.88. The number of nitrogens with one attached hydrogen (secondary N) is 3. The summed E-state index contributed by atoms with van der Waals surface area (Å²) >= 11 is 6.52. The molecule has 0 aliphatic carbocycles. The van der Waals surface area contributed by atoms with Gasteiger partial charge >= 0.3 is 5.97 Å². The second-order valence-electron chi connectivity index (χ2n) is 8.31. The van der Waals surface area contributed by atoms with E-state index in [2.05, 4.69) is 15.7 Å². The molecule has 0 atom stereocenters. The van der Waals surface area contributed by atoms with Crippen molar-refractivity contribution in [2.45, 2.75) is 26.9 Å². The zero-order valence-electron chi connectivity index (χ0n) is 20.9. The number of nitrogen functional groups attached to an aromatic ring is 2. The van der Waals surface area contributed by atoms with E-state index in [1.54, 1.807) is 29.3 Å². The number of carboxylic acids is 1. The summed E-state index contributed by atoms with van der Waals surface area (Å²) in [5.41, 5.74) is 15.3. The predicted octanol–water partition coefficient (Wildman–Crippen LogP) is 2.11. The normalized spacial score (nSPS) is 10.8. The largest absolute Gasteiger partial charge is 0.478 e. The first-order chi connectivity index (χ1) is 18.0. The molecule has 1 aromatic heterocycles. The highest BCUT2D eigenvalue weighted by Gasteiger charge is 2.21. The smallest absolute Gasteiger partial charge is 0.335 e. The van der Waals surface area contributed by atoms with Gasteiger partial charge in [-0.3, -0.25) is 25.0 Å². The fraction of sp³-hybridized carbons (Fsp3) is 0.240. The number of amides is 1. The van der Waals surface area contributed by atoms with Gasteiger partial charge in [0.1, 0.15) is 12.4 Å². The lowest BCUT2D eigenvalue weighted by molar-refractivity contribution is -0.121. The van der Waals surface area contributed by atoms with E-state index in [9.17, 15) is 19.5 Å². The Morgan fingerprint density at radius 2 is 1.79 bits per heavy atom. The van der Waals surface area contributed by atoms with E-state index >= 15 is 0 Å². The van der Waals surface area contributed by atoms with Gasteiger partial charge in [0.05, 0.1) is 11.3 Å². The maximum Gasteiger partial charge on any atom is 0.335 e. The zero-order chi connectivity index (χ0) is 28.0. The van der Waals surface area contributed by atoms with Crippen molar-refractivity contribution in [3.63, 3.8) is 0 Å². The van der Waals surface area contributed by atoms with E-state index in [1.807, 2.05) is 13.8 Å². The lowest BCUT2D eigenvalue weighted by atomic mass is 10.1. The number of anilines is 2. The van der Waals surface area contributed by atoms with Crippen molar-refractivity contribution in [3.8, 4) is 11.3 Å². The summed E-state index contributed by atoms with van der Waals surface area (Å²) in [6.45, 7) is 4.65. The Kier molecular flexibility index (Phi) is 9.05. The highest BCUT2D eigenvalue weighted by atomic mass is 35.5. The number of amidine groups is 1. The molecule has 1 heterocycles. The van der Waals surface area contributed by atoms with Gasteiger partial charge in [-0.05, 0) is 23.8 Å². The number of carbonyl (C=O) groups excluding carboxylic acids is 1. The number of rotatable bonds is 11. The standard InChI is InChI=1S/C25H29ClN8O4/c1-3-33(4-2)32-23-24(36)34(13-19(35)30-12-14-5-7-15(8-6-14)22(28)29)20(21(26)31-23)16-9-17(25(37)38)11-18(27)10-16/h5-11H,3-4,12-13,27H2,1-2H3,(H3,28,29)(H,30,35)(H,31,32)(H,37,38). The molecule has 8 N–H and O–H groups in total. The van der Waals surface area contributed by atoms with Crippen molar-refractivity contribution in [2.24, 2.45) is 5.73 Å². The van der Waals surface area contributed by atoms with Crippen LogP contribution in [0, 0.1) is 5.41 Å². The Morgan fingerprint density at radius 1 is 1.13 bits per heavy atom. The molecule has 200 valence electrons.